The summed E-state index contributed by atoms with van der Waals surface area (Å²) in [5.74, 6) is -0.406. The topological polar surface area (TPSA) is 99.9 Å². The molecule has 0 aliphatic carbocycles. The van der Waals surface area contributed by atoms with Crippen LogP contribution >= 0.6 is 24.0 Å². The van der Waals surface area contributed by atoms with Crippen LogP contribution in [0.2, 0.25) is 0 Å². The Balaban J connectivity index is 1.62. The Hall–Kier alpha value is -2.91. The van der Waals surface area contributed by atoms with Crippen molar-refractivity contribution in [2.45, 2.75) is 13.3 Å². The van der Waals surface area contributed by atoms with E-state index in [4.69, 9.17) is 21.7 Å². The highest BCUT2D eigenvalue weighted by Crippen LogP contribution is 2.32. The Morgan fingerprint density at radius 2 is 1.96 bits per heavy atom. The smallest absolute Gasteiger partial charge is 0.307 e. The first-order valence-electron chi connectivity index (χ1n) is 8.24. The summed E-state index contributed by atoms with van der Waals surface area (Å²) in [6.45, 7) is 1.59. The number of aryl methyl sites for hydroxylation is 1. The van der Waals surface area contributed by atoms with E-state index < -0.39 is 11.9 Å². The third kappa shape index (κ3) is 4.87. The van der Waals surface area contributed by atoms with E-state index in [-0.39, 0.29) is 18.9 Å². The summed E-state index contributed by atoms with van der Waals surface area (Å²) in [5.41, 5.74) is 1.13. The van der Waals surface area contributed by atoms with Crippen LogP contribution in [0.25, 0.3) is 6.08 Å². The number of carbonyl (C=O) groups is 3. The fourth-order valence-corrected chi connectivity index (χ4v) is 3.76. The number of amides is 2. The third-order valence-electron chi connectivity index (χ3n) is 3.80. The molecule has 144 valence electrons. The number of anilines is 1. The molecule has 0 saturated carbocycles. The zero-order valence-electron chi connectivity index (χ0n) is 14.8. The molecule has 1 fully saturated rings. The minimum atomic E-state index is -0.927. The maximum absolute atomic E-state index is 12.5. The first kappa shape index (κ1) is 19.8. The molecule has 2 N–H and O–H groups in total. The summed E-state index contributed by atoms with van der Waals surface area (Å²) in [6, 6.07) is 10.0. The van der Waals surface area contributed by atoms with Gasteiger partial charge in [0.15, 0.2) is 0 Å². The molecule has 0 spiro atoms. The molecule has 0 unspecified atom stereocenters. The lowest BCUT2D eigenvalue weighted by molar-refractivity contribution is -0.136. The van der Waals surface area contributed by atoms with Crippen molar-refractivity contribution in [1.29, 1.82) is 0 Å². The molecule has 1 aliphatic rings. The molecule has 2 heterocycles. The van der Waals surface area contributed by atoms with Gasteiger partial charge in [-0.05, 0) is 36.8 Å². The predicted octanol–water partition coefficient (Wildman–Crippen LogP) is 3.06. The van der Waals surface area contributed by atoms with Gasteiger partial charge in [-0.15, -0.1) is 0 Å². The highest BCUT2D eigenvalue weighted by atomic mass is 32.2. The predicted molar refractivity (Wildman–Crippen MR) is 110 cm³/mol. The molecule has 28 heavy (non-hydrogen) atoms. The average molecular weight is 416 g/mol. The van der Waals surface area contributed by atoms with Crippen molar-refractivity contribution in [1.82, 2.24) is 4.90 Å². The summed E-state index contributed by atoms with van der Waals surface area (Å²) in [5, 5.41) is 11.4. The fraction of sp³-hybridized carbons (Fsp3) is 0.158. The molecule has 0 radical (unpaired) electrons. The van der Waals surface area contributed by atoms with Gasteiger partial charge in [-0.3, -0.25) is 19.3 Å². The van der Waals surface area contributed by atoms with E-state index in [1.165, 1.54) is 4.90 Å². The van der Waals surface area contributed by atoms with Crippen LogP contribution in [0, 0.1) is 6.92 Å². The molecule has 0 atom stereocenters. The molecule has 3 rings (SSSR count). The maximum Gasteiger partial charge on any atom is 0.307 e. The van der Waals surface area contributed by atoms with Crippen molar-refractivity contribution >= 4 is 57.8 Å². The second kappa shape index (κ2) is 8.41. The molecular weight excluding hydrogens is 400 g/mol. The Morgan fingerprint density at radius 3 is 2.57 bits per heavy atom. The van der Waals surface area contributed by atoms with E-state index >= 15 is 0 Å². The Bertz CT molecular complexity index is 978. The number of hydrogen-bond acceptors (Lipinski definition) is 6. The average Bonchev–Trinajstić information content (AvgIpc) is 3.14. The van der Waals surface area contributed by atoms with Crippen molar-refractivity contribution in [3.63, 3.8) is 0 Å². The van der Waals surface area contributed by atoms with Crippen molar-refractivity contribution < 1.29 is 23.9 Å². The SMILES string of the molecule is Cc1ccc(/C=C2\SC(=S)N(CC(=O)Nc3ccc(CC(=O)O)cc3)C2=O)o1. The first-order valence-corrected chi connectivity index (χ1v) is 9.46. The van der Waals surface area contributed by atoms with Gasteiger partial charge in [0.1, 0.15) is 22.4 Å². The Morgan fingerprint density at radius 1 is 1.25 bits per heavy atom. The number of nitrogens with one attached hydrogen (secondary N) is 1. The number of carboxylic acids is 1. The number of benzene rings is 1. The number of thiocarbonyl (C=S) groups is 1. The zero-order valence-corrected chi connectivity index (χ0v) is 16.4. The molecule has 2 aromatic rings. The van der Waals surface area contributed by atoms with Crippen LogP contribution < -0.4 is 5.32 Å². The second-order valence-corrected chi connectivity index (χ2v) is 7.71. The first-order chi connectivity index (χ1) is 13.3. The van der Waals surface area contributed by atoms with Gasteiger partial charge in [0.05, 0.1) is 11.3 Å². The zero-order chi connectivity index (χ0) is 20.3. The van der Waals surface area contributed by atoms with Crippen LogP contribution in [0.3, 0.4) is 0 Å². The van der Waals surface area contributed by atoms with Gasteiger partial charge in [-0.1, -0.05) is 36.1 Å². The van der Waals surface area contributed by atoms with Gasteiger partial charge in [0, 0.05) is 11.8 Å². The van der Waals surface area contributed by atoms with Crippen molar-refractivity contribution in [2.24, 2.45) is 0 Å². The monoisotopic (exact) mass is 416 g/mol. The summed E-state index contributed by atoms with van der Waals surface area (Å²) in [4.78, 5) is 37.1. The van der Waals surface area contributed by atoms with Crippen molar-refractivity contribution in [3.8, 4) is 0 Å². The minimum Gasteiger partial charge on any atom is -0.481 e. The molecule has 1 aromatic heterocycles. The molecule has 1 saturated heterocycles. The number of nitrogens with zero attached hydrogens (tertiary/aromatic N) is 1. The lowest BCUT2D eigenvalue weighted by Gasteiger charge is -2.14. The summed E-state index contributed by atoms with van der Waals surface area (Å²) < 4.78 is 5.74. The molecule has 9 heteroatoms. The third-order valence-corrected chi connectivity index (χ3v) is 5.18. The molecule has 1 aromatic carbocycles. The van der Waals surface area contributed by atoms with Gasteiger partial charge >= 0.3 is 5.97 Å². The van der Waals surface area contributed by atoms with Crippen LogP contribution in [-0.4, -0.2) is 38.7 Å². The van der Waals surface area contributed by atoms with Crippen molar-refractivity contribution in [3.05, 3.63) is 58.4 Å². The number of aliphatic carboxylic acids is 1. The van der Waals surface area contributed by atoms with E-state index in [2.05, 4.69) is 5.32 Å². The summed E-state index contributed by atoms with van der Waals surface area (Å²) in [7, 11) is 0. The van der Waals surface area contributed by atoms with Gasteiger partial charge in [-0.2, -0.15) is 0 Å². The lowest BCUT2D eigenvalue weighted by atomic mass is 10.1. The normalized spacial score (nSPS) is 15.3. The molecule has 0 bridgehead atoms. The quantitative estimate of drug-likeness (QED) is 0.551. The maximum atomic E-state index is 12.5. The van der Waals surface area contributed by atoms with Crippen LogP contribution in [0.1, 0.15) is 17.1 Å². The van der Waals surface area contributed by atoms with Crippen LogP contribution in [0.4, 0.5) is 5.69 Å². The molecule has 1 aliphatic heterocycles. The van der Waals surface area contributed by atoms with Gasteiger partial charge in [0.25, 0.3) is 5.91 Å². The number of carbonyl (C=O) groups excluding carboxylic acids is 2. The van der Waals surface area contributed by atoms with Crippen LogP contribution in [0.15, 0.2) is 45.7 Å². The van der Waals surface area contributed by atoms with E-state index in [0.717, 1.165) is 17.5 Å². The fourth-order valence-electron chi connectivity index (χ4n) is 2.52. The lowest BCUT2D eigenvalue weighted by Crippen LogP contribution is -2.36. The molecule has 2 amide bonds. The molecule has 7 nitrogen and oxygen atoms in total. The van der Waals surface area contributed by atoms with Crippen LogP contribution in [-0.2, 0) is 20.8 Å². The van der Waals surface area contributed by atoms with Gasteiger partial charge < -0.3 is 14.8 Å². The number of thioether (sulfide) groups is 1. The summed E-state index contributed by atoms with van der Waals surface area (Å²) in [6.07, 6.45) is 1.51. The summed E-state index contributed by atoms with van der Waals surface area (Å²) >= 11 is 6.33. The number of hydrogen-bond donors (Lipinski definition) is 2. The Labute approximate surface area is 170 Å². The minimum absolute atomic E-state index is 0.0910. The highest BCUT2D eigenvalue weighted by molar-refractivity contribution is 8.26. The number of carboxylic acid groups (broad SMARTS) is 1. The van der Waals surface area contributed by atoms with Gasteiger partial charge in [0.2, 0.25) is 5.91 Å². The van der Waals surface area contributed by atoms with Gasteiger partial charge in [-0.25, -0.2) is 0 Å². The van der Waals surface area contributed by atoms with Crippen molar-refractivity contribution in [2.75, 3.05) is 11.9 Å². The highest BCUT2D eigenvalue weighted by Gasteiger charge is 2.33. The Kier molecular flexibility index (Phi) is 5.96. The van der Waals surface area contributed by atoms with E-state index in [1.807, 2.05) is 0 Å². The number of furan rings is 1. The van der Waals surface area contributed by atoms with Crippen LogP contribution in [0.5, 0.6) is 0 Å². The molecular formula is C19H16N2O5S2. The number of rotatable bonds is 6. The van der Waals surface area contributed by atoms with E-state index in [1.54, 1.807) is 49.4 Å². The standard InChI is InChI=1S/C19H16N2O5S2/c1-11-2-7-14(26-11)9-15-18(25)21(19(27)28-15)10-16(22)20-13-5-3-12(4-6-13)8-17(23)24/h2-7,9H,8,10H2,1H3,(H,20,22)(H,23,24)/b15-9-. The van der Waals surface area contributed by atoms with E-state index in [9.17, 15) is 14.4 Å². The van der Waals surface area contributed by atoms with E-state index in [0.29, 0.717) is 26.2 Å². The largest absolute Gasteiger partial charge is 0.481 e. The second-order valence-electron chi connectivity index (χ2n) is 6.03.